The van der Waals surface area contributed by atoms with Gasteiger partial charge in [-0.3, -0.25) is 5.01 Å². The van der Waals surface area contributed by atoms with Crippen LogP contribution in [0.2, 0.25) is 0 Å². The van der Waals surface area contributed by atoms with Crippen molar-refractivity contribution in [2.24, 2.45) is 5.92 Å². The van der Waals surface area contributed by atoms with Crippen molar-refractivity contribution in [3.63, 3.8) is 0 Å². The molecule has 0 amide bonds. The van der Waals surface area contributed by atoms with Crippen molar-refractivity contribution < 1.29 is 8.78 Å². The molecule has 2 rings (SSSR count). The molecule has 1 N–H and O–H groups in total. The fourth-order valence-electron chi connectivity index (χ4n) is 2.32. The van der Waals surface area contributed by atoms with Crippen molar-refractivity contribution in [2.45, 2.75) is 44.7 Å². The van der Waals surface area contributed by atoms with Crippen molar-refractivity contribution in [2.75, 3.05) is 0 Å². The Labute approximate surface area is 82.9 Å². The minimum atomic E-state index is -2.43. The summed E-state index contributed by atoms with van der Waals surface area (Å²) < 4.78 is 24.6. The number of nitrogens with zero attached hydrogens (tertiary/aromatic N) is 1. The Balaban J connectivity index is 1.86. The maximum Gasteiger partial charge on any atom is 0.327 e. The van der Waals surface area contributed by atoms with Gasteiger partial charge in [0.2, 0.25) is 0 Å². The molecule has 4 heteroatoms. The van der Waals surface area contributed by atoms with Gasteiger partial charge in [-0.05, 0) is 24.8 Å². The average Bonchev–Trinajstić information content (AvgIpc) is 2.68. The Morgan fingerprint density at radius 1 is 1.21 bits per heavy atom. The minimum absolute atomic E-state index is 0.129. The highest BCUT2D eigenvalue weighted by Crippen LogP contribution is 2.29. The number of halogens is 2. The first-order valence-corrected chi connectivity index (χ1v) is 5.28. The van der Waals surface area contributed by atoms with Crippen molar-refractivity contribution in [3.8, 4) is 0 Å². The molecule has 1 heterocycles. The van der Waals surface area contributed by atoms with E-state index in [4.69, 9.17) is 0 Å². The van der Waals surface area contributed by atoms with Crippen molar-refractivity contribution in [1.82, 2.24) is 10.4 Å². The van der Waals surface area contributed by atoms with Gasteiger partial charge in [0.1, 0.15) is 0 Å². The Hall–Kier alpha value is -0.640. The van der Waals surface area contributed by atoms with Gasteiger partial charge in [0.25, 0.3) is 0 Å². The molecule has 0 saturated heterocycles. The molecule has 0 spiro atoms. The van der Waals surface area contributed by atoms with Gasteiger partial charge in [-0.1, -0.05) is 19.3 Å². The third-order valence-corrected chi connectivity index (χ3v) is 3.12. The summed E-state index contributed by atoms with van der Waals surface area (Å²) in [7, 11) is 0. The van der Waals surface area contributed by atoms with E-state index in [1.54, 1.807) is 0 Å². The third kappa shape index (κ3) is 2.05. The first kappa shape index (κ1) is 9.90. The predicted octanol–water partition coefficient (Wildman–Crippen LogP) is 2.49. The van der Waals surface area contributed by atoms with Gasteiger partial charge in [-0.2, -0.15) is 8.78 Å². The summed E-state index contributed by atoms with van der Waals surface area (Å²) in [6.45, 7) is -2.43. The normalized spacial score (nSPS) is 29.1. The maximum absolute atomic E-state index is 12.3. The van der Waals surface area contributed by atoms with E-state index in [9.17, 15) is 8.78 Å². The molecule has 2 nitrogen and oxygen atoms in total. The van der Waals surface area contributed by atoms with Crippen LogP contribution in [-0.2, 0) is 0 Å². The monoisotopic (exact) mass is 202 g/mol. The van der Waals surface area contributed by atoms with E-state index in [0.717, 1.165) is 5.01 Å². The van der Waals surface area contributed by atoms with Crippen LogP contribution in [-0.4, -0.2) is 17.6 Å². The molecule has 2 aliphatic rings. The summed E-state index contributed by atoms with van der Waals surface area (Å²) in [5.41, 5.74) is 2.83. The van der Waals surface area contributed by atoms with Crippen LogP contribution in [0.5, 0.6) is 0 Å². The molecule has 1 aliphatic heterocycles. The van der Waals surface area contributed by atoms with Gasteiger partial charge < -0.3 is 0 Å². The van der Waals surface area contributed by atoms with Crippen LogP contribution < -0.4 is 5.43 Å². The van der Waals surface area contributed by atoms with Gasteiger partial charge in [0.05, 0.1) is 0 Å². The highest BCUT2D eigenvalue weighted by atomic mass is 19.3. The second-order valence-electron chi connectivity index (χ2n) is 4.08. The second-order valence-corrected chi connectivity index (χ2v) is 4.08. The van der Waals surface area contributed by atoms with Gasteiger partial charge in [0, 0.05) is 12.2 Å². The summed E-state index contributed by atoms with van der Waals surface area (Å²) >= 11 is 0. The Bertz CT molecular complexity index is 212. The zero-order valence-corrected chi connectivity index (χ0v) is 8.13. The number of nitrogens with one attached hydrogen (secondary N) is 1. The summed E-state index contributed by atoms with van der Waals surface area (Å²) in [6.07, 6.45) is 9.44. The van der Waals surface area contributed by atoms with E-state index in [1.165, 1.54) is 38.3 Å². The predicted molar refractivity (Wildman–Crippen MR) is 50.5 cm³/mol. The smallest absolute Gasteiger partial charge is 0.256 e. The van der Waals surface area contributed by atoms with Gasteiger partial charge in [0.15, 0.2) is 0 Å². The zero-order chi connectivity index (χ0) is 9.97. The molecule has 80 valence electrons. The van der Waals surface area contributed by atoms with E-state index >= 15 is 0 Å². The summed E-state index contributed by atoms with van der Waals surface area (Å²) in [5.74, 6) is 0.545. The van der Waals surface area contributed by atoms with Crippen LogP contribution in [0.1, 0.15) is 32.1 Å². The number of alkyl halides is 2. The molecule has 0 aromatic carbocycles. The lowest BCUT2D eigenvalue weighted by molar-refractivity contribution is -0.0273. The molecule has 1 saturated carbocycles. The first-order valence-electron chi connectivity index (χ1n) is 5.28. The van der Waals surface area contributed by atoms with Crippen molar-refractivity contribution in [3.05, 3.63) is 12.3 Å². The molecule has 1 atom stereocenters. The van der Waals surface area contributed by atoms with E-state index < -0.39 is 6.55 Å². The van der Waals surface area contributed by atoms with Crippen LogP contribution in [0.25, 0.3) is 0 Å². The molecule has 0 aromatic heterocycles. The first-order chi connectivity index (χ1) is 6.77. The SMILES string of the molecule is FC(F)N1C=CC(C2CCCCC2)N1. The summed E-state index contributed by atoms with van der Waals surface area (Å²) in [4.78, 5) is 0. The van der Waals surface area contributed by atoms with E-state index in [1.807, 2.05) is 6.08 Å². The number of hydrogen-bond acceptors (Lipinski definition) is 2. The van der Waals surface area contributed by atoms with Gasteiger partial charge >= 0.3 is 6.55 Å². The highest BCUT2D eigenvalue weighted by molar-refractivity contribution is 5.02. The van der Waals surface area contributed by atoms with Crippen LogP contribution in [0.3, 0.4) is 0 Å². The van der Waals surface area contributed by atoms with Gasteiger partial charge in [-0.25, -0.2) is 5.43 Å². The Morgan fingerprint density at radius 3 is 2.50 bits per heavy atom. The molecule has 0 bridgehead atoms. The molecule has 14 heavy (non-hydrogen) atoms. The quantitative estimate of drug-likeness (QED) is 0.692. The lowest BCUT2D eigenvalue weighted by Crippen LogP contribution is -2.42. The van der Waals surface area contributed by atoms with E-state index in [2.05, 4.69) is 5.43 Å². The van der Waals surface area contributed by atoms with Crippen molar-refractivity contribution in [1.29, 1.82) is 0 Å². The molecule has 0 aromatic rings. The maximum atomic E-state index is 12.3. The fraction of sp³-hybridized carbons (Fsp3) is 0.800. The third-order valence-electron chi connectivity index (χ3n) is 3.12. The van der Waals surface area contributed by atoms with Crippen LogP contribution >= 0.6 is 0 Å². The molecule has 1 unspecified atom stereocenters. The molecule has 0 radical (unpaired) electrons. The van der Waals surface area contributed by atoms with E-state index in [-0.39, 0.29) is 6.04 Å². The lowest BCUT2D eigenvalue weighted by atomic mass is 9.84. The Kier molecular flexibility index (Phi) is 3.01. The topological polar surface area (TPSA) is 15.3 Å². The zero-order valence-electron chi connectivity index (χ0n) is 8.13. The van der Waals surface area contributed by atoms with Crippen LogP contribution in [0.4, 0.5) is 8.78 Å². The molecule has 1 fully saturated rings. The van der Waals surface area contributed by atoms with Crippen molar-refractivity contribution >= 4 is 0 Å². The minimum Gasteiger partial charge on any atom is -0.256 e. The standard InChI is InChI=1S/C10H16F2N2/c11-10(12)14-7-6-9(13-14)8-4-2-1-3-5-8/h6-10,13H,1-5H2. The van der Waals surface area contributed by atoms with Crippen LogP contribution in [0.15, 0.2) is 12.3 Å². The lowest BCUT2D eigenvalue weighted by Gasteiger charge is -2.28. The molecular formula is C10H16F2N2. The fourth-order valence-corrected chi connectivity index (χ4v) is 2.32. The molecule has 1 aliphatic carbocycles. The summed E-state index contributed by atoms with van der Waals surface area (Å²) in [6, 6.07) is 0.129. The van der Waals surface area contributed by atoms with Gasteiger partial charge in [-0.15, -0.1) is 0 Å². The number of rotatable bonds is 2. The highest BCUT2D eigenvalue weighted by Gasteiger charge is 2.28. The largest absolute Gasteiger partial charge is 0.327 e. The van der Waals surface area contributed by atoms with Crippen LogP contribution in [0, 0.1) is 5.92 Å². The average molecular weight is 202 g/mol. The second kappa shape index (κ2) is 4.26. The summed E-state index contributed by atoms with van der Waals surface area (Å²) in [5, 5.41) is 0.902. The Morgan fingerprint density at radius 2 is 1.93 bits per heavy atom. The van der Waals surface area contributed by atoms with E-state index in [0.29, 0.717) is 5.92 Å². The number of hydrogen-bond donors (Lipinski definition) is 1. The molecular weight excluding hydrogens is 186 g/mol. The number of hydrazine groups is 1.